The highest BCUT2D eigenvalue weighted by atomic mass is 127. The quantitative estimate of drug-likeness (QED) is 0.544. The summed E-state index contributed by atoms with van der Waals surface area (Å²) >= 11 is 13.5. The first-order valence-electron chi connectivity index (χ1n) is 4.98. The van der Waals surface area contributed by atoms with E-state index in [1.54, 1.807) is 28.7 Å². The molecule has 0 N–H and O–H groups in total. The minimum Gasteiger partial charge on any atom is -0.255 e. The second-order valence-electron chi connectivity index (χ2n) is 3.61. The van der Waals surface area contributed by atoms with Crippen LogP contribution in [0.1, 0.15) is 5.56 Å². The van der Waals surface area contributed by atoms with Gasteiger partial charge in [-0.3, -0.25) is 4.98 Å². The molecule has 2 aromatic rings. The number of hydrogen-bond acceptors (Lipinski definition) is 1. The number of benzene rings is 1. The van der Waals surface area contributed by atoms with Crippen LogP contribution < -0.4 is 0 Å². The van der Waals surface area contributed by atoms with Crippen molar-refractivity contribution in [3.05, 3.63) is 49.6 Å². The van der Waals surface area contributed by atoms with E-state index < -0.39 is 11.7 Å². The van der Waals surface area contributed by atoms with Gasteiger partial charge in [-0.05, 0) is 40.8 Å². The molecule has 0 spiro atoms. The molecular formula is C12H5Cl2F3IN. The summed E-state index contributed by atoms with van der Waals surface area (Å²) in [6.45, 7) is 0. The monoisotopic (exact) mass is 417 g/mol. The minimum absolute atomic E-state index is 0.0473. The maximum atomic E-state index is 13.1. The van der Waals surface area contributed by atoms with Crippen LogP contribution in [-0.4, -0.2) is 4.98 Å². The van der Waals surface area contributed by atoms with Crippen molar-refractivity contribution in [3.63, 3.8) is 0 Å². The number of halogens is 6. The van der Waals surface area contributed by atoms with Crippen LogP contribution in [0.15, 0.2) is 30.5 Å². The van der Waals surface area contributed by atoms with Gasteiger partial charge in [0.15, 0.2) is 0 Å². The molecule has 0 saturated carbocycles. The highest BCUT2D eigenvalue weighted by Crippen LogP contribution is 2.42. The SMILES string of the molecule is FC(F)(F)c1c(I)ccnc1-c1c(Cl)cccc1Cl. The number of hydrogen-bond donors (Lipinski definition) is 0. The van der Waals surface area contributed by atoms with Crippen molar-refractivity contribution in [2.75, 3.05) is 0 Å². The van der Waals surface area contributed by atoms with Gasteiger partial charge in [-0.15, -0.1) is 0 Å². The van der Waals surface area contributed by atoms with Crippen LogP contribution >= 0.6 is 45.8 Å². The van der Waals surface area contributed by atoms with Gasteiger partial charge in [-0.25, -0.2) is 0 Å². The normalized spacial score (nSPS) is 11.7. The molecule has 0 saturated heterocycles. The molecule has 1 aromatic carbocycles. The summed E-state index contributed by atoms with van der Waals surface area (Å²) in [4.78, 5) is 3.80. The third-order valence-electron chi connectivity index (χ3n) is 2.38. The Bertz CT molecular complexity index is 609. The molecule has 0 aliphatic rings. The number of nitrogens with zero attached hydrogens (tertiary/aromatic N) is 1. The van der Waals surface area contributed by atoms with Gasteiger partial charge in [-0.2, -0.15) is 13.2 Å². The zero-order chi connectivity index (χ0) is 14.2. The molecule has 1 heterocycles. The van der Waals surface area contributed by atoms with Crippen molar-refractivity contribution in [2.45, 2.75) is 6.18 Å². The van der Waals surface area contributed by atoms with Gasteiger partial charge in [0.05, 0.1) is 21.3 Å². The zero-order valence-corrected chi connectivity index (χ0v) is 12.8. The van der Waals surface area contributed by atoms with Crippen LogP contribution in [0, 0.1) is 3.57 Å². The van der Waals surface area contributed by atoms with Gasteiger partial charge < -0.3 is 0 Å². The van der Waals surface area contributed by atoms with E-state index in [4.69, 9.17) is 23.2 Å². The van der Waals surface area contributed by atoms with Gasteiger partial charge in [0.1, 0.15) is 0 Å². The van der Waals surface area contributed by atoms with Crippen LogP contribution in [0.5, 0.6) is 0 Å². The smallest absolute Gasteiger partial charge is 0.255 e. The van der Waals surface area contributed by atoms with Crippen LogP contribution in [-0.2, 0) is 6.18 Å². The van der Waals surface area contributed by atoms with E-state index in [0.717, 1.165) is 0 Å². The van der Waals surface area contributed by atoms with E-state index in [0.29, 0.717) is 0 Å². The van der Waals surface area contributed by atoms with Gasteiger partial charge >= 0.3 is 6.18 Å². The Balaban J connectivity index is 2.81. The first-order chi connectivity index (χ1) is 8.82. The molecule has 1 aromatic heterocycles. The first-order valence-corrected chi connectivity index (χ1v) is 6.82. The lowest BCUT2D eigenvalue weighted by molar-refractivity contribution is -0.137. The highest BCUT2D eigenvalue weighted by Gasteiger charge is 2.37. The third-order valence-corrected chi connectivity index (χ3v) is 3.91. The average molecular weight is 418 g/mol. The Kier molecular flexibility index (Phi) is 4.27. The Hall–Kier alpha value is -0.530. The van der Waals surface area contributed by atoms with Crippen molar-refractivity contribution in [1.82, 2.24) is 4.98 Å². The molecule has 0 amide bonds. The minimum atomic E-state index is -4.53. The van der Waals surface area contributed by atoms with Gasteiger partial charge in [0.2, 0.25) is 0 Å². The van der Waals surface area contributed by atoms with Crippen LogP contribution in [0.4, 0.5) is 13.2 Å². The van der Waals surface area contributed by atoms with Crippen molar-refractivity contribution in [1.29, 1.82) is 0 Å². The van der Waals surface area contributed by atoms with Gasteiger partial charge in [-0.1, -0.05) is 29.3 Å². The number of alkyl halides is 3. The van der Waals surface area contributed by atoms with Crippen molar-refractivity contribution in [3.8, 4) is 11.3 Å². The summed E-state index contributed by atoms with van der Waals surface area (Å²) in [5.74, 6) is 0. The standard InChI is InChI=1S/C12H5Cl2F3IN/c13-6-2-1-3-7(14)9(6)11-10(12(15,16)17)8(18)4-5-19-11/h1-5H. The molecule has 100 valence electrons. The molecule has 2 rings (SSSR count). The molecule has 0 unspecified atom stereocenters. The summed E-state index contributed by atoms with van der Waals surface area (Å²) in [6.07, 6.45) is -3.23. The Labute approximate surface area is 130 Å². The first kappa shape index (κ1) is 14.9. The molecule has 19 heavy (non-hydrogen) atoms. The number of pyridine rings is 1. The molecule has 7 heteroatoms. The van der Waals surface area contributed by atoms with Crippen molar-refractivity contribution >= 4 is 45.8 Å². The van der Waals surface area contributed by atoms with E-state index >= 15 is 0 Å². The second kappa shape index (κ2) is 5.46. The zero-order valence-electron chi connectivity index (χ0n) is 9.10. The Morgan fingerprint density at radius 2 is 1.63 bits per heavy atom. The number of aromatic nitrogens is 1. The fourth-order valence-corrected chi connectivity index (χ4v) is 2.92. The van der Waals surface area contributed by atoms with Gasteiger partial charge in [0.25, 0.3) is 0 Å². The summed E-state index contributed by atoms with van der Waals surface area (Å²) < 4.78 is 39.4. The molecule has 1 nitrogen and oxygen atoms in total. The van der Waals surface area contributed by atoms with E-state index in [2.05, 4.69) is 4.98 Å². The van der Waals surface area contributed by atoms with Crippen molar-refractivity contribution in [2.24, 2.45) is 0 Å². The van der Waals surface area contributed by atoms with Crippen LogP contribution in [0.25, 0.3) is 11.3 Å². The Morgan fingerprint density at radius 3 is 2.16 bits per heavy atom. The lowest BCUT2D eigenvalue weighted by atomic mass is 10.1. The topological polar surface area (TPSA) is 12.9 Å². The van der Waals surface area contributed by atoms with Crippen LogP contribution in [0.3, 0.4) is 0 Å². The lowest BCUT2D eigenvalue weighted by Gasteiger charge is -2.15. The maximum Gasteiger partial charge on any atom is 0.419 e. The van der Waals surface area contributed by atoms with E-state index in [-0.39, 0.29) is 24.9 Å². The third kappa shape index (κ3) is 2.98. The summed E-state index contributed by atoms with van der Waals surface area (Å²) in [5, 5.41) is 0.264. The fourth-order valence-electron chi connectivity index (χ4n) is 1.62. The lowest BCUT2D eigenvalue weighted by Crippen LogP contribution is -2.11. The van der Waals surface area contributed by atoms with E-state index in [1.807, 2.05) is 0 Å². The highest BCUT2D eigenvalue weighted by molar-refractivity contribution is 14.1. The van der Waals surface area contributed by atoms with Crippen molar-refractivity contribution < 1.29 is 13.2 Å². The molecule has 0 fully saturated rings. The largest absolute Gasteiger partial charge is 0.419 e. The molecule has 0 aliphatic heterocycles. The fraction of sp³-hybridized carbons (Fsp3) is 0.0833. The van der Waals surface area contributed by atoms with Crippen LogP contribution in [0.2, 0.25) is 10.0 Å². The molecule has 0 bridgehead atoms. The van der Waals surface area contributed by atoms with E-state index in [9.17, 15) is 13.2 Å². The molecule has 0 radical (unpaired) electrons. The van der Waals surface area contributed by atoms with E-state index in [1.165, 1.54) is 24.4 Å². The summed E-state index contributed by atoms with van der Waals surface area (Å²) in [5.41, 5.74) is -0.989. The predicted octanol–water partition coefficient (Wildman–Crippen LogP) is 5.68. The average Bonchev–Trinajstić information content (AvgIpc) is 2.26. The maximum absolute atomic E-state index is 13.1. The second-order valence-corrected chi connectivity index (χ2v) is 5.59. The summed E-state index contributed by atoms with van der Waals surface area (Å²) in [7, 11) is 0. The summed E-state index contributed by atoms with van der Waals surface area (Å²) in [6, 6.07) is 5.81. The van der Waals surface area contributed by atoms with Gasteiger partial charge in [0, 0.05) is 15.3 Å². The molecule has 0 aliphatic carbocycles. The molecule has 0 atom stereocenters. The number of rotatable bonds is 1. The molecular weight excluding hydrogens is 413 g/mol. The predicted molar refractivity (Wildman–Crippen MR) is 77.4 cm³/mol. The Morgan fingerprint density at radius 1 is 1.05 bits per heavy atom.